The third-order valence-corrected chi connectivity index (χ3v) is 5.53. The van der Waals surface area contributed by atoms with Gasteiger partial charge in [-0.1, -0.05) is 11.6 Å². The van der Waals surface area contributed by atoms with Crippen LogP contribution in [0.1, 0.15) is 6.42 Å². The van der Waals surface area contributed by atoms with E-state index in [1.165, 1.54) is 0 Å². The zero-order valence-corrected chi connectivity index (χ0v) is 16.7. The number of anilines is 3. The monoisotopic (exact) mass is 411 g/mol. The van der Waals surface area contributed by atoms with Crippen molar-refractivity contribution in [2.24, 2.45) is 0 Å². The van der Waals surface area contributed by atoms with Crippen LogP contribution in [0.2, 0.25) is 5.02 Å². The number of nitrogens with zero attached hydrogens (tertiary/aromatic N) is 6. The van der Waals surface area contributed by atoms with Crippen LogP contribution in [0, 0.1) is 0 Å². The maximum absolute atomic E-state index is 6.04. The molecule has 2 aromatic heterocycles. The molecule has 0 bridgehead atoms. The molecule has 9 heteroatoms. The van der Waals surface area contributed by atoms with Gasteiger partial charge in [0.25, 0.3) is 0 Å². The summed E-state index contributed by atoms with van der Waals surface area (Å²) in [4.78, 5) is 22.8. The predicted octanol–water partition coefficient (Wildman–Crippen LogP) is 2.60. The summed E-state index contributed by atoms with van der Waals surface area (Å²) in [6, 6.07) is 7.81. The normalized spacial score (nSPS) is 19.7. The second-order valence-corrected chi connectivity index (χ2v) is 7.71. The summed E-state index contributed by atoms with van der Waals surface area (Å²) in [6.45, 7) is 4.87. The fourth-order valence-corrected chi connectivity index (χ4v) is 3.93. The van der Waals surface area contributed by atoms with Crippen LogP contribution in [-0.2, 0) is 4.74 Å². The summed E-state index contributed by atoms with van der Waals surface area (Å²) < 4.78 is 5.41. The first-order chi connectivity index (χ1) is 14.2. The van der Waals surface area contributed by atoms with Crippen LogP contribution in [0.15, 0.2) is 36.7 Å². The first-order valence-corrected chi connectivity index (χ1v) is 10.2. The lowest BCUT2D eigenvalue weighted by Gasteiger charge is -2.27. The number of halogens is 1. The molecule has 2 fully saturated rings. The average molecular weight is 412 g/mol. The van der Waals surface area contributed by atoms with Gasteiger partial charge in [-0.15, -0.1) is 0 Å². The van der Waals surface area contributed by atoms with Crippen LogP contribution in [0.3, 0.4) is 0 Å². The van der Waals surface area contributed by atoms with Crippen LogP contribution in [-0.4, -0.2) is 65.4 Å². The van der Waals surface area contributed by atoms with Crippen molar-refractivity contribution in [1.82, 2.24) is 19.9 Å². The third-order valence-electron chi connectivity index (χ3n) is 5.29. The molecule has 0 radical (unpaired) electrons. The minimum atomic E-state index is 0.296. The molecule has 1 atom stereocenters. The summed E-state index contributed by atoms with van der Waals surface area (Å²) in [5, 5.41) is 4.22. The molecule has 4 heterocycles. The summed E-state index contributed by atoms with van der Waals surface area (Å²) >= 11 is 6.04. The number of morpholine rings is 1. The van der Waals surface area contributed by atoms with Crippen LogP contribution < -0.4 is 15.1 Å². The SMILES string of the molecule is Clc1ccc2nc(N3CCC(Nc4ccnc(N5CCOCC5)n4)C3)cnc2c1. The highest BCUT2D eigenvalue weighted by molar-refractivity contribution is 6.31. The van der Waals surface area contributed by atoms with E-state index in [0.29, 0.717) is 11.1 Å². The first-order valence-electron chi connectivity index (χ1n) is 9.84. The van der Waals surface area contributed by atoms with Crippen molar-refractivity contribution in [3.05, 3.63) is 41.7 Å². The fourth-order valence-electron chi connectivity index (χ4n) is 3.77. The largest absolute Gasteiger partial charge is 0.378 e. The highest BCUT2D eigenvalue weighted by atomic mass is 35.5. The molecule has 1 aromatic carbocycles. The Morgan fingerprint density at radius 2 is 1.90 bits per heavy atom. The van der Waals surface area contributed by atoms with Gasteiger partial charge in [0, 0.05) is 43.4 Å². The quantitative estimate of drug-likeness (QED) is 0.701. The molecule has 2 aliphatic heterocycles. The van der Waals surface area contributed by atoms with E-state index in [-0.39, 0.29) is 0 Å². The Balaban J connectivity index is 1.26. The van der Waals surface area contributed by atoms with Crippen molar-refractivity contribution in [3.63, 3.8) is 0 Å². The van der Waals surface area contributed by atoms with Crippen molar-refractivity contribution >= 4 is 40.2 Å². The topological polar surface area (TPSA) is 79.3 Å². The third kappa shape index (κ3) is 4.04. The number of fused-ring (bicyclic) bond motifs is 1. The lowest BCUT2D eigenvalue weighted by molar-refractivity contribution is 0.122. The second kappa shape index (κ2) is 7.96. The van der Waals surface area contributed by atoms with Crippen LogP contribution >= 0.6 is 11.6 Å². The predicted molar refractivity (Wildman–Crippen MR) is 114 cm³/mol. The van der Waals surface area contributed by atoms with E-state index in [9.17, 15) is 0 Å². The van der Waals surface area contributed by atoms with Gasteiger partial charge in [-0.05, 0) is 30.7 Å². The Labute approximate surface area is 173 Å². The Bertz CT molecular complexity index is 1010. The van der Waals surface area contributed by atoms with E-state index in [4.69, 9.17) is 26.3 Å². The molecule has 1 N–H and O–H groups in total. The van der Waals surface area contributed by atoms with Gasteiger partial charge < -0.3 is 19.9 Å². The Morgan fingerprint density at radius 1 is 1.00 bits per heavy atom. The van der Waals surface area contributed by atoms with E-state index in [1.54, 1.807) is 0 Å². The second-order valence-electron chi connectivity index (χ2n) is 7.28. The van der Waals surface area contributed by atoms with Crippen molar-refractivity contribution < 1.29 is 4.74 Å². The smallest absolute Gasteiger partial charge is 0.227 e. The number of nitrogens with one attached hydrogen (secondary N) is 1. The molecule has 0 spiro atoms. The van der Waals surface area contributed by atoms with Gasteiger partial charge in [0.15, 0.2) is 0 Å². The molecular formula is C20H22ClN7O. The minimum absolute atomic E-state index is 0.296. The highest BCUT2D eigenvalue weighted by Gasteiger charge is 2.24. The summed E-state index contributed by atoms with van der Waals surface area (Å²) in [5.41, 5.74) is 1.67. The van der Waals surface area contributed by atoms with E-state index in [1.807, 2.05) is 36.7 Å². The number of rotatable bonds is 4. The lowest BCUT2D eigenvalue weighted by atomic mass is 10.2. The molecule has 1 unspecified atom stereocenters. The van der Waals surface area contributed by atoms with Crippen molar-refractivity contribution in [2.45, 2.75) is 12.5 Å². The summed E-state index contributed by atoms with van der Waals surface area (Å²) in [7, 11) is 0. The van der Waals surface area contributed by atoms with Gasteiger partial charge in [-0.3, -0.25) is 4.98 Å². The molecular weight excluding hydrogens is 390 g/mol. The minimum Gasteiger partial charge on any atom is -0.378 e. The maximum atomic E-state index is 6.04. The molecule has 8 nitrogen and oxygen atoms in total. The van der Waals surface area contributed by atoms with E-state index in [2.05, 4.69) is 25.1 Å². The number of benzene rings is 1. The van der Waals surface area contributed by atoms with Crippen molar-refractivity contribution in [1.29, 1.82) is 0 Å². The highest BCUT2D eigenvalue weighted by Crippen LogP contribution is 2.23. The lowest BCUT2D eigenvalue weighted by Crippen LogP contribution is -2.37. The number of aromatic nitrogens is 4. The molecule has 2 saturated heterocycles. The number of ether oxygens (including phenoxy) is 1. The van der Waals surface area contributed by atoms with Crippen LogP contribution in [0.5, 0.6) is 0 Å². The zero-order chi connectivity index (χ0) is 19.6. The van der Waals surface area contributed by atoms with Crippen molar-refractivity contribution in [2.75, 3.05) is 54.5 Å². The van der Waals surface area contributed by atoms with Gasteiger partial charge in [0.2, 0.25) is 5.95 Å². The van der Waals surface area contributed by atoms with Crippen molar-refractivity contribution in [3.8, 4) is 0 Å². The number of hydrogen-bond acceptors (Lipinski definition) is 8. The molecule has 5 rings (SSSR count). The first kappa shape index (κ1) is 18.3. The summed E-state index contributed by atoms with van der Waals surface area (Å²) in [5.74, 6) is 2.50. The fraction of sp³-hybridized carbons (Fsp3) is 0.400. The van der Waals surface area contributed by atoms with Gasteiger partial charge in [-0.2, -0.15) is 4.98 Å². The Morgan fingerprint density at radius 3 is 2.79 bits per heavy atom. The summed E-state index contributed by atoms with van der Waals surface area (Å²) in [6.07, 6.45) is 4.65. The maximum Gasteiger partial charge on any atom is 0.227 e. The molecule has 0 saturated carbocycles. The number of hydrogen-bond donors (Lipinski definition) is 1. The van der Waals surface area contributed by atoms with Gasteiger partial charge in [-0.25, -0.2) is 9.97 Å². The molecule has 0 aliphatic carbocycles. The Hall–Kier alpha value is -2.71. The van der Waals surface area contributed by atoms with Gasteiger partial charge in [0.05, 0.1) is 30.4 Å². The van der Waals surface area contributed by atoms with Gasteiger partial charge >= 0.3 is 0 Å². The molecule has 3 aromatic rings. The molecule has 150 valence electrons. The van der Waals surface area contributed by atoms with E-state index >= 15 is 0 Å². The average Bonchev–Trinajstić information content (AvgIpc) is 3.22. The molecule has 2 aliphatic rings. The molecule has 29 heavy (non-hydrogen) atoms. The zero-order valence-electron chi connectivity index (χ0n) is 16.0. The standard InChI is InChI=1S/C20H22ClN7O/c21-14-1-2-16-17(11-14)23-12-19(25-16)28-6-4-15(13-28)24-18-3-5-22-20(26-18)27-7-9-29-10-8-27/h1-3,5,11-12,15H,4,6-10,13H2,(H,22,24,26). The van der Waals surface area contributed by atoms with Gasteiger partial charge in [0.1, 0.15) is 11.6 Å². The van der Waals surface area contributed by atoms with E-state index < -0.39 is 0 Å². The van der Waals surface area contributed by atoms with E-state index in [0.717, 1.165) is 74.4 Å². The van der Waals surface area contributed by atoms with Crippen LogP contribution in [0.4, 0.5) is 17.6 Å². The van der Waals surface area contributed by atoms with Crippen LogP contribution in [0.25, 0.3) is 11.0 Å². The Kier molecular flexibility index (Phi) is 5.03. The molecule has 0 amide bonds.